The highest BCUT2D eigenvalue weighted by atomic mass is 16.7. The zero-order valence-corrected chi connectivity index (χ0v) is 34.9. The number of hydrogen-bond donors (Lipinski definition) is 2. The second kappa shape index (κ2) is 20.8. The zero-order chi connectivity index (χ0) is 42.6. The van der Waals surface area contributed by atoms with E-state index in [2.05, 4.69) is 23.7 Å². The summed E-state index contributed by atoms with van der Waals surface area (Å²) in [4.78, 5) is 37.1. The Morgan fingerprint density at radius 2 is 1.85 bits per heavy atom. The molecule has 1 amide bonds. The van der Waals surface area contributed by atoms with E-state index in [4.69, 9.17) is 28.9 Å². The number of carbonyl (C=O) groups is 1. The molecule has 0 spiro atoms. The predicted octanol–water partition coefficient (Wildman–Crippen LogP) is 8.19. The summed E-state index contributed by atoms with van der Waals surface area (Å²) in [6.07, 6.45) is 8.72. The SMILES string of the molecule is C=CCOC12Oc3ccc(OCc4cccc(C)n4)cc3C3C(CCCCO)C(CCCCO)C=C(C(=NOCc4ccc([N+](=O)[O-])cc4)CC1N(CCC)C(=O)OC)C32. The van der Waals surface area contributed by atoms with Crippen LogP contribution in [-0.2, 0) is 27.5 Å². The summed E-state index contributed by atoms with van der Waals surface area (Å²) in [7, 11) is 1.36. The molecule has 6 atom stereocenters. The van der Waals surface area contributed by atoms with Gasteiger partial charge in [-0.05, 0) is 104 Å². The first kappa shape index (κ1) is 44.2. The van der Waals surface area contributed by atoms with Gasteiger partial charge < -0.3 is 34.0 Å². The standard InChI is InChI=1S/C46H58N4O10/c1-5-22-49(45(53)56-4)42-28-40(48-59-29-32-16-18-35(19-17-32)50(54)55)38-26-33(13-7-9-23-51)37(15-8-10-24-52)43-39-27-36(57-30-34-14-11-12-31(3)47-34)20-21-41(39)60-46(42,44(38)43)58-25-6-2/h6,11-12,14,16-21,26-27,33,37,42-44,51-52H,2,5,7-10,13,15,22-25,28-30H2,1,3-4H3. The van der Waals surface area contributed by atoms with Gasteiger partial charge in [0.2, 0.25) is 5.79 Å². The third-order valence-corrected chi connectivity index (χ3v) is 11.8. The summed E-state index contributed by atoms with van der Waals surface area (Å²) >= 11 is 0. The van der Waals surface area contributed by atoms with Gasteiger partial charge in [-0.2, -0.15) is 0 Å². The van der Waals surface area contributed by atoms with Crippen molar-refractivity contribution in [1.29, 1.82) is 0 Å². The van der Waals surface area contributed by atoms with Gasteiger partial charge in [0.25, 0.3) is 5.69 Å². The van der Waals surface area contributed by atoms with Crippen LogP contribution in [0.5, 0.6) is 11.5 Å². The number of aromatic nitrogens is 1. The van der Waals surface area contributed by atoms with Crippen molar-refractivity contribution in [2.24, 2.45) is 22.9 Å². The topological polar surface area (TPSA) is 175 Å². The van der Waals surface area contributed by atoms with E-state index in [9.17, 15) is 25.1 Å². The van der Waals surface area contributed by atoms with Crippen LogP contribution >= 0.6 is 0 Å². The molecule has 1 aromatic heterocycles. The Hall–Kier alpha value is -5.31. The highest BCUT2D eigenvalue weighted by Gasteiger charge is 2.65. The van der Waals surface area contributed by atoms with Gasteiger partial charge in [0.05, 0.1) is 36.0 Å². The highest BCUT2D eigenvalue weighted by molar-refractivity contribution is 6.03. The van der Waals surface area contributed by atoms with E-state index in [1.54, 1.807) is 23.1 Å². The van der Waals surface area contributed by atoms with Gasteiger partial charge in [0.1, 0.15) is 30.8 Å². The van der Waals surface area contributed by atoms with Crippen molar-refractivity contribution in [3.63, 3.8) is 0 Å². The molecule has 2 heterocycles. The maximum Gasteiger partial charge on any atom is 0.409 e. The summed E-state index contributed by atoms with van der Waals surface area (Å²) in [5.41, 5.74) is 4.84. The van der Waals surface area contributed by atoms with Crippen LogP contribution in [0, 0.1) is 34.8 Å². The lowest BCUT2D eigenvalue weighted by Crippen LogP contribution is -2.70. The van der Waals surface area contributed by atoms with E-state index in [1.165, 1.54) is 19.2 Å². The minimum absolute atomic E-state index is 0.0213. The Morgan fingerprint density at radius 3 is 2.53 bits per heavy atom. The van der Waals surface area contributed by atoms with Gasteiger partial charge in [0, 0.05) is 55.5 Å². The smallest absolute Gasteiger partial charge is 0.409 e. The number of unbranched alkanes of at least 4 members (excludes halogenated alkanes) is 2. The minimum Gasteiger partial charge on any atom is -0.487 e. The van der Waals surface area contributed by atoms with Gasteiger partial charge in [-0.15, -0.1) is 6.58 Å². The maximum atomic E-state index is 13.8. The second-order valence-corrected chi connectivity index (χ2v) is 15.7. The molecule has 14 heteroatoms. The fourth-order valence-electron chi connectivity index (χ4n) is 9.21. The number of aryl methyl sites for hydroxylation is 1. The molecular weight excluding hydrogens is 769 g/mol. The number of methoxy groups -OCH3 is 1. The molecule has 1 aliphatic heterocycles. The first-order valence-corrected chi connectivity index (χ1v) is 21.0. The summed E-state index contributed by atoms with van der Waals surface area (Å²) in [6.45, 7) is 8.89. The Balaban J connectivity index is 1.53. The van der Waals surface area contributed by atoms with Crippen molar-refractivity contribution in [1.82, 2.24) is 9.88 Å². The van der Waals surface area contributed by atoms with Crippen LogP contribution in [0.4, 0.5) is 10.5 Å². The molecule has 0 saturated heterocycles. The third-order valence-electron chi connectivity index (χ3n) is 11.8. The monoisotopic (exact) mass is 826 g/mol. The number of fused-ring (bicyclic) bond motifs is 2. The molecule has 0 bridgehead atoms. The lowest BCUT2D eigenvalue weighted by Gasteiger charge is -2.59. The van der Waals surface area contributed by atoms with Gasteiger partial charge in [-0.1, -0.05) is 43.1 Å². The lowest BCUT2D eigenvalue weighted by atomic mass is 9.55. The van der Waals surface area contributed by atoms with Crippen LogP contribution in [0.3, 0.4) is 0 Å². The Kier molecular flexibility index (Phi) is 15.3. The van der Waals surface area contributed by atoms with Crippen molar-refractivity contribution in [2.75, 3.05) is 33.5 Å². The van der Waals surface area contributed by atoms with Crippen LogP contribution in [0.1, 0.15) is 86.7 Å². The molecule has 2 aliphatic carbocycles. The van der Waals surface area contributed by atoms with Crippen molar-refractivity contribution < 1.29 is 43.7 Å². The van der Waals surface area contributed by atoms with Crippen LogP contribution in [0.2, 0.25) is 0 Å². The van der Waals surface area contributed by atoms with E-state index in [0.717, 1.165) is 48.2 Å². The number of nitro benzene ring substituents is 1. The molecule has 60 heavy (non-hydrogen) atoms. The van der Waals surface area contributed by atoms with Gasteiger partial charge in [0.15, 0.2) is 0 Å². The number of rotatable bonds is 21. The average molecular weight is 827 g/mol. The summed E-state index contributed by atoms with van der Waals surface area (Å²) in [6, 6.07) is 17.1. The number of pyridine rings is 1. The van der Waals surface area contributed by atoms with E-state index >= 15 is 0 Å². The number of non-ortho nitro benzene ring substituents is 1. The fourth-order valence-corrected chi connectivity index (χ4v) is 9.21. The Bertz CT molecular complexity index is 2000. The minimum atomic E-state index is -1.42. The molecule has 2 aromatic carbocycles. The zero-order valence-electron chi connectivity index (χ0n) is 34.9. The lowest BCUT2D eigenvalue weighted by molar-refractivity contribution is -0.384. The van der Waals surface area contributed by atoms with E-state index in [1.807, 2.05) is 44.2 Å². The van der Waals surface area contributed by atoms with Crippen LogP contribution in [0.15, 0.2) is 90.1 Å². The predicted molar refractivity (Wildman–Crippen MR) is 226 cm³/mol. The number of nitrogens with zero attached hydrogens (tertiary/aromatic N) is 4. The number of oxime groups is 1. The van der Waals surface area contributed by atoms with Gasteiger partial charge >= 0.3 is 6.09 Å². The van der Waals surface area contributed by atoms with Crippen molar-refractivity contribution in [2.45, 2.75) is 96.2 Å². The fraction of sp³-hybridized carbons (Fsp3) is 0.500. The van der Waals surface area contributed by atoms with Crippen molar-refractivity contribution in [3.05, 3.63) is 118 Å². The molecule has 0 radical (unpaired) electrons. The highest BCUT2D eigenvalue weighted by Crippen LogP contribution is 2.62. The molecule has 322 valence electrons. The van der Waals surface area contributed by atoms with E-state index < -0.39 is 28.8 Å². The number of amides is 1. The number of benzene rings is 2. The first-order valence-electron chi connectivity index (χ1n) is 21.0. The Morgan fingerprint density at radius 1 is 1.08 bits per heavy atom. The molecule has 6 unspecified atom stereocenters. The van der Waals surface area contributed by atoms with Gasteiger partial charge in [-0.3, -0.25) is 20.0 Å². The molecule has 3 aromatic rings. The molecule has 3 aliphatic rings. The molecule has 2 N–H and O–H groups in total. The first-order chi connectivity index (χ1) is 29.2. The number of hydrogen-bond acceptors (Lipinski definition) is 12. The second-order valence-electron chi connectivity index (χ2n) is 15.7. The maximum absolute atomic E-state index is 13.8. The summed E-state index contributed by atoms with van der Waals surface area (Å²) < 4.78 is 26.0. The summed E-state index contributed by atoms with van der Waals surface area (Å²) in [5, 5.41) is 35.9. The largest absolute Gasteiger partial charge is 0.487 e. The Labute approximate surface area is 352 Å². The van der Waals surface area contributed by atoms with Crippen molar-refractivity contribution in [3.8, 4) is 11.5 Å². The quantitative estimate of drug-likeness (QED) is 0.0459. The molecule has 14 nitrogen and oxygen atoms in total. The average Bonchev–Trinajstić information content (AvgIpc) is 3.25. The van der Waals surface area contributed by atoms with Crippen LogP contribution in [0.25, 0.3) is 0 Å². The number of aliphatic hydroxyl groups is 2. The van der Waals surface area contributed by atoms with Crippen LogP contribution in [-0.4, -0.2) is 82.1 Å². The number of ether oxygens (including phenoxy) is 4. The van der Waals surface area contributed by atoms with Gasteiger partial charge in [-0.25, -0.2) is 4.79 Å². The van der Waals surface area contributed by atoms with E-state index in [0.29, 0.717) is 48.6 Å². The number of aliphatic hydroxyl groups excluding tert-OH is 2. The number of carbonyl (C=O) groups excluding carboxylic acids is 1. The molecule has 1 saturated carbocycles. The normalized spacial score (nSPS) is 23.4. The third kappa shape index (κ3) is 9.83. The number of allylic oxidation sites excluding steroid dienone is 1. The van der Waals surface area contributed by atoms with E-state index in [-0.39, 0.29) is 62.9 Å². The molecular formula is C46H58N4O10. The molecule has 6 rings (SSSR count). The molecule has 1 fully saturated rings. The van der Waals surface area contributed by atoms with Crippen molar-refractivity contribution >= 4 is 17.5 Å². The van der Waals surface area contributed by atoms with Crippen LogP contribution < -0.4 is 9.47 Å². The number of nitro groups is 1. The summed E-state index contributed by atoms with van der Waals surface area (Å²) in [5.74, 6) is -0.818.